The number of rotatable bonds is 20. The molecule has 2 atom stereocenters. The lowest BCUT2D eigenvalue weighted by Crippen LogP contribution is -2.51. The van der Waals surface area contributed by atoms with Gasteiger partial charge in [0, 0.05) is 24.2 Å². The second kappa shape index (κ2) is 19.9. The standard InChI is InChI=1S/C33H47Cl2N3O5S/c1-2-3-18-28(39)19-14-12-10-8-6-4-5-7-9-11-13-15-20-31(40)33(44(36,42)43)23-16-17-27(25-33)38-32(41)37-26-21-22-29(34)30(35)24-26/h9,11,14,16-17,19,21-24,28,39H,2-8,10,12-13,15,18,20,25H2,1H3,(H2,36,42,43)(H2,37,38,41)/b11-9-,19-14-/t28-,33?/m1/s1. The van der Waals surface area contributed by atoms with Gasteiger partial charge in [-0.25, -0.2) is 18.4 Å². The van der Waals surface area contributed by atoms with Gasteiger partial charge in [-0.3, -0.25) is 4.79 Å². The van der Waals surface area contributed by atoms with E-state index in [1.165, 1.54) is 43.2 Å². The molecule has 2 rings (SSSR count). The maximum Gasteiger partial charge on any atom is 0.323 e. The van der Waals surface area contributed by atoms with Crippen LogP contribution in [-0.4, -0.2) is 36.2 Å². The van der Waals surface area contributed by atoms with Gasteiger partial charge in [-0.05, 0) is 69.2 Å². The Bertz CT molecular complexity index is 1310. The Morgan fingerprint density at radius 2 is 1.64 bits per heavy atom. The summed E-state index contributed by atoms with van der Waals surface area (Å²) in [5, 5.41) is 21.2. The molecule has 0 aromatic heterocycles. The Labute approximate surface area is 272 Å². The number of sulfonamides is 1. The minimum Gasteiger partial charge on any atom is -0.389 e. The molecule has 11 heteroatoms. The van der Waals surface area contributed by atoms with E-state index < -0.39 is 26.6 Å². The predicted molar refractivity (Wildman–Crippen MR) is 181 cm³/mol. The molecule has 0 spiro atoms. The van der Waals surface area contributed by atoms with Gasteiger partial charge >= 0.3 is 6.03 Å². The van der Waals surface area contributed by atoms with Crippen molar-refractivity contribution in [1.82, 2.24) is 5.32 Å². The fraction of sp³-hybridized carbons (Fsp3) is 0.515. The van der Waals surface area contributed by atoms with E-state index in [0.29, 0.717) is 23.6 Å². The number of amides is 2. The van der Waals surface area contributed by atoms with Crippen LogP contribution in [0.1, 0.15) is 96.8 Å². The van der Waals surface area contributed by atoms with E-state index in [2.05, 4.69) is 29.7 Å². The number of primary sulfonamides is 1. The summed E-state index contributed by atoms with van der Waals surface area (Å²) in [5.74, 6) is -0.507. The molecule has 8 nitrogen and oxygen atoms in total. The smallest absolute Gasteiger partial charge is 0.323 e. The quantitative estimate of drug-likeness (QED) is 0.0821. The minimum atomic E-state index is -4.31. The highest BCUT2D eigenvalue weighted by Crippen LogP contribution is 2.32. The molecule has 0 aliphatic heterocycles. The molecule has 0 saturated heterocycles. The van der Waals surface area contributed by atoms with Crippen molar-refractivity contribution in [3.8, 4) is 0 Å². The van der Waals surface area contributed by atoms with E-state index in [0.717, 1.165) is 51.4 Å². The van der Waals surface area contributed by atoms with Crippen LogP contribution in [0.2, 0.25) is 10.0 Å². The Balaban J connectivity index is 1.70. The van der Waals surface area contributed by atoms with Crippen LogP contribution in [0, 0.1) is 0 Å². The zero-order valence-electron chi connectivity index (χ0n) is 25.6. The number of unbranched alkanes of at least 4 members (excludes halogenated alkanes) is 8. The van der Waals surface area contributed by atoms with Gasteiger partial charge in [-0.2, -0.15) is 0 Å². The number of aliphatic hydroxyl groups is 1. The van der Waals surface area contributed by atoms with Gasteiger partial charge in [0.1, 0.15) is 0 Å². The number of benzene rings is 1. The Morgan fingerprint density at radius 3 is 2.30 bits per heavy atom. The number of anilines is 1. The van der Waals surface area contributed by atoms with E-state index in [1.807, 2.05) is 12.2 Å². The van der Waals surface area contributed by atoms with Crippen LogP contribution in [-0.2, 0) is 14.8 Å². The third kappa shape index (κ3) is 13.3. The number of ketones is 1. The van der Waals surface area contributed by atoms with Crippen molar-refractivity contribution >= 4 is 50.7 Å². The van der Waals surface area contributed by atoms with E-state index in [-0.39, 0.29) is 29.7 Å². The van der Waals surface area contributed by atoms with Gasteiger partial charge in [-0.1, -0.05) is 98.7 Å². The molecule has 5 N–H and O–H groups in total. The SMILES string of the molecule is CCCC[C@@H](O)/C=C\CCCCCCC/C=C\CCCC(=O)C1(S(N)(=O)=O)C=CC=C(NC(=O)Nc2ccc(Cl)c(Cl)c2)C1. The first kappa shape index (κ1) is 37.8. The summed E-state index contributed by atoms with van der Waals surface area (Å²) in [6.45, 7) is 2.12. The van der Waals surface area contributed by atoms with Gasteiger partial charge in [0.2, 0.25) is 10.0 Å². The number of nitrogens with two attached hydrogens (primary N) is 1. The number of carbonyl (C=O) groups excluding carboxylic acids is 2. The maximum absolute atomic E-state index is 13.2. The van der Waals surface area contributed by atoms with Crippen LogP contribution in [0.4, 0.5) is 10.5 Å². The zero-order valence-corrected chi connectivity index (χ0v) is 27.9. The van der Waals surface area contributed by atoms with Crippen LogP contribution in [0.15, 0.2) is 66.4 Å². The van der Waals surface area contributed by atoms with Crippen LogP contribution < -0.4 is 15.8 Å². The highest BCUT2D eigenvalue weighted by atomic mass is 35.5. The molecular weight excluding hydrogens is 621 g/mol. The van der Waals surface area contributed by atoms with Crippen molar-refractivity contribution in [2.24, 2.45) is 5.14 Å². The third-order valence-corrected chi connectivity index (χ3v) is 9.70. The Kier molecular flexibility index (Phi) is 17.0. The van der Waals surface area contributed by atoms with Crippen molar-refractivity contribution in [3.05, 3.63) is 76.5 Å². The molecule has 244 valence electrons. The minimum absolute atomic E-state index is 0.0396. The third-order valence-electron chi connectivity index (χ3n) is 7.44. The van der Waals surface area contributed by atoms with Crippen molar-refractivity contribution in [3.63, 3.8) is 0 Å². The molecule has 1 unspecified atom stereocenters. The van der Waals surface area contributed by atoms with E-state index >= 15 is 0 Å². The average Bonchev–Trinajstić information content (AvgIpc) is 2.97. The van der Waals surface area contributed by atoms with Gasteiger partial charge < -0.3 is 15.7 Å². The first-order valence-corrected chi connectivity index (χ1v) is 17.8. The summed E-state index contributed by atoms with van der Waals surface area (Å²) in [6, 6.07) is 3.96. The normalized spacial score (nSPS) is 17.6. The number of Topliss-reactive ketones (excluding diaryl/α,β-unsaturated/α-hetero) is 1. The topological polar surface area (TPSA) is 139 Å². The fourth-order valence-electron chi connectivity index (χ4n) is 4.88. The first-order chi connectivity index (χ1) is 21.0. The summed E-state index contributed by atoms with van der Waals surface area (Å²) < 4.78 is 23.3. The lowest BCUT2D eigenvalue weighted by atomic mass is 9.90. The molecule has 1 aliphatic carbocycles. The van der Waals surface area contributed by atoms with Crippen LogP contribution in [0.5, 0.6) is 0 Å². The van der Waals surface area contributed by atoms with E-state index in [4.69, 9.17) is 28.3 Å². The molecule has 2 amide bonds. The maximum atomic E-state index is 13.2. The number of aliphatic hydroxyl groups excluding tert-OH is 1. The molecule has 1 aromatic rings. The van der Waals surface area contributed by atoms with Crippen molar-refractivity contribution in [2.75, 3.05) is 5.32 Å². The summed E-state index contributed by atoms with van der Waals surface area (Å²) in [5.41, 5.74) is 0.634. The van der Waals surface area contributed by atoms with E-state index in [9.17, 15) is 23.1 Å². The number of halogens is 2. The molecule has 0 radical (unpaired) electrons. The largest absolute Gasteiger partial charge is 0.389 e. The molecular formula is C33H47Cl2N3O5S. The number of urea groups is 1. The van der Waals surface area contributed by atoms with Crippen LogP contribution >= 0.6 is 23.2 Å². The summed E-state index contributed by atoms with van der Waals surface area (Å²) in [7, 11) is -4.31. The second-order valence-corrected chi connectivity index (χ2v) is 13.8. The van der Waals surface area contributed by atoms with Crippen LogP contribution in [0.25, 0.3) is 0 Å². The van der Waals surface area contributed by atoms with Gasteiger partial charge in [0.05, 0.1) is 16.1 Å². The number of carbonyl (C=O) groups is 2. The van der Waals surface area contributed by atoms with Gasteiger partial charge in [-0.15, -0.1) is 0 Å². The monoisotopic (exact) mass is 667 g/mol. The number of nitrogens with one attached hydrogen (secondary N) is 2. The zero-order chi connectivity index (χ0) is 32.4. The molecule has 1 aromatic carbocycles. The number of hydrogen-bond acceptors (Lipinski definition) is 5. The summed E-state index contributed by atoms with van der Waals surface area (Å²) in [6.07, 6.45) is 23.7. The van der Waals surface area contributed by atoms with Gasteiger partial charge in [0.15, 0.2) is 10.5 Å². The summed E-state index contributed by atoms with van der Waals surface area (Å²) >= 11 is 11.9. The predicted octanol–water partition coefficient (Wildman–Crippen LogP) is 8.12. The Morgan fingerprint density at radius 1 is 0.977 bits per heavy atom. The summed E-state index contributed by atoms with van der Waals surface area (Å²) in [4.78, 5) is 25.7. The fourth-order valence-corrected chi connectivity index (χ4v) is 6.22. The van der Waals surface area contributed by atoms with Crippen molar-refractivity contribution < 1.29 is 23.1 Å². The highest BCUT2D eigenvalue weighted by molar-refractivity contribution is 7.91. The second-order valence-electron chi connectivity index (χ2n) is 11.1. The molecule has 0 saturated carbocycles. The van der Waals surface area contributed by atoms with Crippen LogP contribution in [0.3, 0.4) is 0 Å². The average molecular weight is 669 g/mol. The molecule has 1 aliphatic rings. The lowest BCUT2D eigenvalue weighted by Gasteiger charge is -2.30. The Hall–Kier alpha value is -2.43. The first-order valence-electron chi connectivity index (χ1n) is 15.5. The van der Waals surface area contributed by atoms with Gasteiger partial charge in [0.25, 0.3) is 0 Å². The number of hydrogen-bond donors (Lipinski definition) is 4. The number of allylic oxidation sites excluding steroid dienone is 6. The molecule has 44 heavy (non-hydrogen) atoms. The molecule has 0 bridgehead atoms. The molecule has 0 heterocycles. The van der Waals surface area contributed by atoms with Crippen molar-refractivity contribution in [1.29, 1.82) is 0 Å². The van der Waals surface area contributed by atoms with E-state index in [1.54, 1.807) is 6.07 Å². The highest BCUT2D eigenvalue weighted by Gasteiger charge is 2.47. The molecule has 0 fully saturated rings. The van der Waals surface area contributed by atoms with Crippen molar-refractivity contribution in [2.45, 2.75) is 108 Å². The lowest BCUT2D eigenvalue weighted by molar-refractivity contribution is -0.120.